The van der Waals surface area contributed by atoms with Crippen LogP contribution in [0.1, 0.15) is 50.0 Å². The van der Waals surface area contributed by atoms with E-state index in [4.69, 9.17) is 20.6 Å². The van der Waals surface area contributed by atoms with Crippen LogP contribution in [0.2, 0.25) is 5.02 Å². The SMILES string of the molecule is CCC(CC)c1cc(CNC(=NC)NCCc2nc(-c3ccc(Cl)cc3)no2)on1.I. The lowest BCUT2D eigenvalue weighted by Crippen LogP contribution is -2.37. The highest BCUT2D eigenvalue weighted by Crippen LogP contribution is 2.22. The lowest BCUT2D eigenvalue weighted by Gasteiger charge is -2.09. The van der Waals surface area contributed by atoms with Crippen molar-refractivity contribution in [3.05, 3.63) is 52.7 Å². The summed E-state index contributed by atoms with van der Waals surface area (Å²) in [6.45, 7) is 5.42. The highest BCUT2D eigenvalue weighted by atomic mass is 127. The summed E-state index contributed by atoms with van der Waals surface area (Å²) in [5.74, 6) is 2.97. The van der Waals surface area contributed by atoms with Crippen molar-refractivity contribution in [1.82, 2.24) is 25.9 Å². The summed E-state index contributed by atoms with van der Waals surface area (Å²) >= 11 is 5.91. The Labute approximate surface area is 204 Å². The summed E-state index contributed by atoms with van der Waals surface area (Å²) in [7, 11) is 1.72. The summed E-state index contributed by atoms with van der Waals surface area (Å²) in [6, 6.07) is 9.32. The first-order valence-corrected chi connectivity index (χ1v) is 10.5. The van der Waals surface area contributed by atoms with E-state index >= 15 is 0 Å². The minimum Gasteiger partial charge on any atom is -0.359 e. The maximum atomic E-state index is 5.91. The normalized spacial score (nSPS) is 11.5. The van der Waals surface area contributed by atoms with Gasteiger partial charge < -0.3 is 19.7 Å². The zero-order valence-electron chi connectivity index (χ0n) is 17.9. The highest BCUT2D eigenvalue weighted by molar-refractivity contribution is 14.0. The molecule has 0 saturated carbocycles. The van der Waals surface area contributed by atoms with Gasteiger partial charge in [0.2, 0.25) is 11.7 Å². The van der Waals surface area contributed by atoms with Crippen LogP contribution in [-0.2, 0) is 13.0 Å². The molecular formula is C21H28ClIN6O2. The Balaban J connectivity index is 0.00000341. The molecule has 0 amide bonds. The van der Waals surface area contributed by atoms with Crippen LogP contribution in [0.25, 0.3) is 11.4 Å². The number of guanidine groups is 1. The van der Waals surface area contributed by atoms with Crippen molar-refractivity contribution in [3.63, 3.8) is 0 Å². The predicted octanol–water partition coefficient (Wildman–Crippen LogP) is 4.81. The molecule has 3 rings (SSSR count). The van der Waals surface area contributed by atoms with Gasteiger partial charge in [-0.3, -0.25) is 4.99 Å². The van der Waals surface area contributed by atoms with Crippen LogP contribution >= 0.6 is 35.6 Å². The topological polar surface area (TPSA) is 101 Å². The van der Waals surface area contributed by atoms with Crippen molar-refractivity contribution in [2.24, 2.45) is 4.99 Å². The van der Waals surface area contributed by atoms with E-state index in [1.807, 2.05) is 18.2 Å². The minimum absolute atomic E-state index is 0. The molecule has 0 atom stereocenters. The maximum absolute atomic E-state index is 5.91. The van der Waals surface area contributed by atoms with E-state index in [9.17, 15) is 0 Å². The molecule has 0 radical (unpaired) electrons. The molecule has 0 aliphatic carbocycles. The smallest absolute Gasteiger partial charge is 0.228 e. The van der Waals surface area contributed by atoms with Crippen molar-refractivity contribution in [2.75, 3.05) is 13.6 Å². The van der Waals surface area contributed by atoms with E-state index in [2.05, 4.69) is 44.8 Å². The van der Waals surface area contributed by atoms with Crippen molar-refractivity contribution < 1.29 is 9.05 Å². The van der Waals surface area contributed by atoms with Gasteiger partial charge in [-0.2, -0.15) is 4.98 Å². The number of benzene rings is 1. The van der Waals surface area contributed by atoms with E-state index in [0.717, 1.165) is 29.9 Å². The number of rotatable bonds is 9. The van der Waals surface area contributed by atoms with Gasteiger partial charge in [0.05, 0.1) is 12.2 Å². The Hall–Kier alpha value is -2.14. The van der Waals surface area contributed by atoms with Crippen molar-refractivity contribution in [1.29, 1.82) is 0 Å². The van der Waals surface area contributed by atoms with Crippen molar-refractivity contribution in [2.45, 2.75) is 45.6 Å². The standard InChI is InChI=1S/C21H27ClN6O2.HI/c1-4-14(5-2)18-12-17(29-27-18)13-25-21(23-3)24-11-10-19-26-20(28-30-19)15-6-8-16(22)9-7-15;/h6-9,12,14H,4-5,10-11,13H2,1-3H3,(H2,23,24,25);1H. The number of hydrogen-bond donors (Lipinski definition) is 2. The average molecular weight is 559 g/mol. The fourth-order valence-corrected chi connectivity index (χ4v) is 3.19. The monoisotopic (exact) mass is 558 g/mol. The second kappa shape index (κ2) is 12.7. The van der Waals surface area contributed by atoms with Gasteiger partial charge in [-0.1, -0.05) is 35.8 Å². The van der Waals surface area contributed by atoms with Gasteiger partial charge in [0.25, 0.3) is 0 Å². The molecule has 1 aromatic carbocycles. The molecule has 2 N–H and O–H groups in total. The Morgan fingerprint density at radius 1 is 1.10 bits per heavy atom. The minimum atomic E-state index is 0. The second-order valence-electron chi connectivity index (χ2n) is 6.85. The van der Waals surface area contributed by atoms with E-state index in [-0.39, 0.29) is 24.0 Å². The molecule has 0 fully saturated rings. The van der Waals surface area contributed by atoms with Gasteiger partial charge >= 0.3 is 0 Å². The Kier molecular flexibility index (Phi) is 10.3. The first kappa shape index (κ1) is 25.1. The molecule has 0 spiro atoms. The van der Waals surface area contributed by atoms with Crippen LogP contribution in [0.4, 0.5) is 0 Å². The summed E-state index contributed by atoms with van der Waals surface area (Å²) in [6.07, 6.45) is 2.67. The Morgan fingerprint density at radius 3 is 2.52 bits per heavy atom. The quantitative estimate of drug-likeness (QED) is 0.221. The van der Waals surface area contributed by atoms with Crippen LogP contribution in [0, 0.1) is 0 Å². The number of nitrogens with one attached hydrogen (secondary N) is 2. The van der Waals surface area contributed by atoms with Gasteiger partial charge in [-0.05, 0) is 37.1 Å². The lowest BCUT2D eigenvalue weighted by atomic mass is 9.99. The molecular weight excluding hydrogens is 531 g/mol. The molecule has 2 heterocycles. The maximum Gasteiger partial charge on any atom is 0.228 e. The summed E-state index contributed by atoms with van der Waals surface area (Å²) in [5.41, 5.74) is 1.87. The first-order valence-electron chi connectivity index (χ1n) is 10.1. The summed E-state index contributed by atoms with van der Waals surface area (Å²) < 4.78 is 10.8. The lowest BCUT2D eigenvalue weighted by molar-refractivity contribution is 0.367. The summed E-state index contributed by atoms with van der Waals surface area (Å²) in [5, 5.41) is 15.3. The second-order valence-corrected chi connectivity index (χ2v) is 7.29. The molecule has 0 bridgehead atoms. The van der Waals surface area contributed by atoms with Gasteiger partial charge in [0, 0.05) is 42.6 Å². The molecule has 10 heteroatoms. The van der Waals surface area contributed by atoms with Gasteiger partial charge in [0.15, 0.2) is 11.7 Å². The Morgan fingerprint density at radius 2 is 1.84 bits per heavy atom. The third-order valence-corrected chi connectivity index (χ3v) is 5.09. The molecule has 0 unspecified atom stereocenters. The number of aromatic nitrogens is 3. The van der Waals surface area contributed by atoms with Crippen LogP contribution in [-0.4, -0.2) is 34.8 Å². The molecule has 31 heavy (non-hydrogen) atoms. The third-order valence-electron chi connectivity index (χ3n) is 4.84. The third kappa shape index (κ3) is 7.20. The number of nitrogens with zero attached hydrogens (tertiary/aromatic N) is 4. The van der Waals surface area contributed by atoms with Crippen LogP contribution < -0.4 is 10.6 Å². The molecule has 168 valence electrons. The zero-order valence-corrected chi connectivity index (χ0v) is 21.0. The molecule has 2 aromatic heterocycles. The van der Waals surface area contributed by atoms with E-state index < -0.39 is 0 Å². The molecule has 0 aliphatic rings. The van der Waals surface area contributed by atoms with Crippen LogP contribution in [0.15, 0.2) is 44.4 Å². The molecule has 8 nitrogen and oxygen atoms in total. The predicted molar refractivity (Wildman–Crippen MR) is 132 cm³/mol. The highest BCUT2D eigenvalue weighted by Gasteiger charge is 2.13. The zero-order chi connectivity index (χ0) is 21.3. The van der Waals surface area contributed by atoms with Gasteiger partial charge in [0.1, 0.15) is 0 Å². The molecule has 0 aliphatic heterocycles. The number of aliphatic imine (C=N–C) groups is 1. The molecule has 3 aromatic rings. The fraction of sp³-hybridized carbons (Fsp3) is 0.429. The number of hydrogen-bond acceptors (Lipinski definition) is 6. The van der Waals surface area contributed by atoms with E-state index in [1.165, 1.54) is 0 Å². The first-order chi connectivity index (χ1) is 14.6. The van der Waals surface area contributed by atoms with E-state index in [0.29, 0.717) is 48.1 Å². The van der Waals surface area contributed by atoms with Crippen molar-refractivity contribution in [3.8, 4) is 11.4 Å². The van der Waals surface area contributed by atoms with Crippen LogP contribution in [0.3, 0.4) is 0 Å². The van der Waals surface area contributed by atoms with Crippen molar-refractivity contribution >= 4 is 41.5 Å². The largest absolute Gasteiger partial charge is 0.359 e. The Bertz CT molecular complexity index is 953. The van der Waals surface area contributed by atoms with Gasteiger partial charge in [-0.15, -0.1) is 24.0 Å². The van der Waals surface area contributed by atoms with Gasteiger partial charge in [-0.25, -0.2) is 0 Å². The molecule has 0 saturated heterocycles. The number of halogens is 2. The van der Waals surface area contributed by atoms with Crippen LogP contribution in [0.5, 0.6) is 0 Å². The summed E-state index contributed by atoms with van der Waals surface area (Å²) in [4.78, 5) is 8.64. The fourth-order valence-electron chi connectivity index (χ4n) is 3.06. The average Bonchev–Trinajstić information content (AvgIpc) is 3.42. The van der Waals surface area contributed by atoms with E-state index in [1.54, 1.807) is 19.2 Å².